The molecule has 0 aliphatic carbocycles. The van der Waals surface area contributed by atoms with E-state index in [0.29, 0.717) is 0 Å². The van der Waals surface area contributed by atoms with Crippen LogP contribution in [-0.2, 0) is 14.3 Å². The monoisotopic (exact) mass is 206 g/mol. The fourth-order valence-electron chi connectivity index (χ4n) is 1.35. The summed E-state index contributed by atoms with van der Waals surface area (Å²) in [4.78, 5) is 10.9. The maximum absolute atomic E-state index is 10.9. The Bertz CT molecular complexity index is 206. The predicted octanol–water partition coefficient (Wildman–Crippen LogP) is -1.62. The van der Waals surface area contributed by atoms with Crippen LogP contribution in [0, 0.1) is 0 Å². The van der Waals surface area contributed by atoms with Crippen molar-refractivity contribution in [2.75, 3.05) is 7.11 Å². The highest BCUT2D eigenvalue weighted by molar-refractivity contribution is 5.69. The zero-order valence-corrected chi connectivity index (χ0v) is 7.79. The first-order valence-corrected chi connectivity index (χ1v) is 4.31. The second-order valence-corrected chi connectivity index (χ2v) is 3.20. The average molecular weight is 206 g/mol. The van der Waals surface area contributed by atoms with Gasteiger partial charge in [0.2, 0.25) is 0 Å². The lowest BCUT2D eigenvalue weighted by molar-refractivity contribution is -0.234. The second kappa shape index (κ2) is 4.70. The van der Waals surface area contributed by atoms with Crippen LogP contribution in [0.25, 0.3) is 0 Å². The molecule has 1 heterocycles. The van der Waals surface area contributed by atoms with Crippen molar-refractivity contribution in [2.24, 2.45) is 0 Å². The average Bonchev–Trinajstić information content (AvgIpc) is 2.13. The minimum Gasteiger partial charge on any atom is -0.469 e. The van der Waals surface area contributed by atoms with Crippen LogP contribution in [0.5, 0.6) is 0 Å². The van der Waals surface area contributed by atoms with Crippen LogP contribution in [0.15, 0.2) is 0 Å². The molecule has 0 saturated carbocycles. The molecule has 0 spiro atoms. The summed E-state index contributed by atoms with van der Waals surface area (Å²) in [6, 6.07) is 0. The minimum absolute atomic E-state index is 0.0567. The van der Waals surface area contributed by atoms with Crippen molar-refractivity contribution < 1.29 is 29.6 Å². The lowest BCUT2D eigenvalue weighted by Gasteiger charge is -2.34. The Balaban J connectivity index is 2.53. The van der Waals surface area contributed by atoms with Crippen LogP contribution < -0.4 is 0 Å². The Morgan fingerprint density at radius 1 is 1.50 bits per heavy atom. The topological polar surface area (TPSA) is 96.2 Å². The van der Waals surface area contributed by atoms with E-state index >= 15 is 0 Å². The maximum atomic E-state index is 10.9. The van der Waals surface area contributed by atoms with Gasteiger partial charge in [-0.25, -0.2) is 0 Å². The molecule has 1 rings (SSSR count). The summed E-state index contributed by atoms with van der Waals surface area (Å²) < 4.78 is 9.26. The molecule has 14 heavy (non-hydrogen) atoms. The Kier molecular flexibility index (Phi) is 3.82. The van der Waals surface area contributed by atoms with Gasteiger partial charge in [-0.05, 0) is 0 Å². The molecule has 0 aromatic rings. The highest BCUT2D eigenvalue weighted by Crippen LogP contribution is 2.21. The molecular weight excluding hydrogens is 192 g/mol. The van der Waals surface area contributed by atoms with E-state index < -0.39 is 30.6 Å². The second-order valence-electron chi connectivity index (χ2n) is 3.20. The Morgan fingerprint density at radius 2 is 2.14 bits per heavy atom. The molecule has 0 aromatic heterocycles. The van der Waals surface area contributed by atoms with Crippen LogP contribution in [0.2, 0.25) is 0 Å². The maximum Gasteiger partial charge on any atom is 0.308 e. The highest BCUT2D eigenvalue weighted by atomic mass is 16.6. The summed E-state index contributed by atoms with van der Waals surface area (Å²) in [6.07, 6.45) is -4.56. The van der Waals surface area contributed by atoms with Crippen molar-refractivity contribution in [1.29, 1.82) is 0 Å². The Hall–Kier alpha value is -0.690. The van der Waals surface area contributed by atoms with E-state index in [0.717, 1.165) is 0 Å². The number of rotatable bonds is 2. The van der Waals surface area contributed by atoms with Crippen LogP contribution in [0.1, 0.15) is 12.8 Å². The fourth-order valence-corrected chi connectivity index (χ4v) is 1.35. The zero-order valence-electron chi connectivity index (χ0n) is 7.79. The van der Waals surface area contributed by atoms with Crippen molar-refractivity contribution in [3.63, 3.8) is 0 Å². The molecule has 1 aliphatic heterocycles. The number of aliphatic hydroxyl groups is 3. The van der Waals surface area contributed by atoms with E-state index in [4.69, 9.17) is 9.84 Å². The number of esters is 1. The van der Waals surface area contributed by atoms with Gasteiger partial charge < -0.3 is 24.8 Å². The van der Waals surface area contributed by atoms with Gasteiger partial charge in [0.25, 0.3) is 0 Å². The van der Waals surface area contributed by atoms with Gasteiger partial charge in [-0.15, -0.1) is 0 Å². The van der Waals surface area contributed by atoms with Crippen molar-refractivity contribution in [1.82, 2.24) is 0 Å². The molecule has 1 fully saturated rings. The first-order chi connectivity index (χ1) is 6.54. The van der Waals surface area contributed by atoms with Gasteiger partial charge in [0.05, 0.1) is 25.7 Å². The highest BCUT2D eigenvalue weighted by Gasteiger charge is 2.37. The summed E-state index contributed by atoms with van der Waals surface area (Å²) in [5, 5.41) is 27.8. The van der Waals surface area contributed by atoms with Gasteiger partial charge in [0, 0.05) is 6.42 Å². The van der Waals surface area contributed by atoms with Crippen molar-refractivity contribution in [2.45, 2.75) is 37.4 Å². The first kappa shape index (κ1) is 11.4. The molecule has 1 saturated heterocycles. The molecule has 0 amide bonds. The summed E-state index contributed by atoms with van der Waals surface area (Å²) in [5.41, 5.74) is 0. The lowest BCUT2D eigenvalue weighted by atomic mass is 9.99. The fraction of sp³-hybridized carbons (Fsp3) is 0.875. The van der Waals surface area contributed by atoms with Crippen LogP contribution >= 0.6 is 0 Å². The summed E-state index contributed by atoms with van der Waals surface area (Å²) in [5.74, 6) is -0.560. The van der Waals surface area contributed by atoms with Gasteiger partial charge in [0.1, 0.15) is 6.10 Å². The standard InChI is InChI=1S/C8H14O6/c1-13-6(10)3-5-8(12)4(9)2-7(11)14-5/h4-5,7-9,11-12H,2-3H2,1H3/t4-,5-,7?,8+/m1/s1. The molecule has 82 valence electrons. The number of carbonyl (C=O) groups is 1. The molecule has 1 unspecified atom stereocenters. The van der Waals surface area contributed by atoms with Gasteiger partial charge in [-0.1, -0.05) is 0 Å². The molecular formula is C8H14O6. The van der Waals surface area contributed by atoms with Crippen LogP contribution in [-0.4, -0.2) is 53.0 Å². The third kappa shape index (κ3) is 2.65. The minimum atomic E-state index is -1.17. The smallest absolute Gasteiger partial charge is 0.308 e. The molecule has 4 atom stereocenters. The largest absolute Gasteiger partial charge is 0.469 e. The molecule has 0 bridgehead atoms. The normalized spacial score (nSPS) is 38.0. The van der Waals surface area contributed by atoms with Crippen LogP contribution in [0.3, 0.4) is 0 Å². The van der Waals surface area contributed by atoms with Crippen LogP contribution in [0.4, 0.5) is 0 Å². The number of hydrogen-bond acceptors (Lipinski definition) is 6. The van der Waals surface area contributed by atoms with Gasteiger partial charge in [-0.3, -0.25) is 4.79 Å². The predicted molar refractivity (Wildman–Crippen MR) is 44.1 cm³/mol. The van der Waals surface area contributed by atoms with Crippen molar-refractivity contribution >= 4 is 5.97 Å². The van der Waals surface area contributed by atoms with E-state index in [9.17, 15) is 15.0 Å². The molecule has 3 N–H and O–H groups in total. The third-order valence-electron chi connectivity index (χ3n) is 2.15. The molecule has 1 aliphatic rings. The van der Waals surface area contributed by atoms with E-state index in [1.807, 2.05) is 0 Å². The summed E-state index contributed by atoms with van der Waals surface area (Å²) in [7, 11) is 1.21. The number of hydrogen-bond donors (Lipinski definition) is 3. The van der Waals surface area contributed by atoms with E-state index in [1.165, 1.54) is 7.11 Å². The number of carbonyl (C=O) groups excluding carboxylic acids is 1. The Labute approximate surface area is 81.1 Å². The summed E-state index contributed by atoms with van der Waals surface area (Å²) in [6.45, 7) is 0. The molecule has 0 aromatic carbocycles. The number of methoxy groups -OCH3 is 1. The van der Waals surface area contributed by atoms with Gasteiger partial charge in [-0.2, -0.15) is 0 Å². The van der Waals surface area contributed by atoms with E-state index in [-0.39, 0.29) is 12.8 Å². The van der Waals surface area contributed by atoms with Crippen molar-refractivity contribution in [3.8, 4) is 0 Å². The van der Waals surface area contributed by atoms with Gasteiger partial charge >= 0.3 is 5.97 Å². The van der Waals surface area contributed by atoms with E-state index in [2.05, 4.69) is 4.74 Å². The number of ether oxygens (including phenoxy) is 2. The zero-order chi connectivity index (χ0) is 10.7. The lowest BCUT2D eigenvalue weighted by Crippen LogP contribution is -2.49. The molecule has 6 heteroatoms. The summed E-state index contributed by atoms with van der Waals surface area (Å²) >= 11 is 0. The van der Waals surface area contributed by atoms with Gasteiger partial charge in [0.15, 0.2) is 6.29 Å². The SMILES string of the molecule is COC(=O)C[C@H]1OC(O)C[C@@H](O)[C@@H]1O. The Morgan fingerprint density at radius 3 is 2.71 bits per heavy atom. The first-order valence-electron chi connectivity index (χ1n) is 4.31. The third-order valence-corrected chi connectivity index (χ3v) is 2.15. The molecule has 0 radical (unpaired) electrons. The molecule has 6 nitrogen and oxygen atoms in total. The van der Waals surface area contributed by atoms with Crippen molar-refractivity contribution in [3.05, 3.63) is 0 Å². The number of aliphatic hydroxyl groups excluding tert-OH is 3. The quantitative estimate of drug-likeness (QED) is 0.470. The van der Waals surface area contributed by atoms with E-state index in [1.54, 1.807) is 0 Å².